The fraction of sp³-hybridized carbons (Fsp3) is 0.211. The van der Waals surface area contributed by atoms with Crippen LogP contribution in [-0.4, -0.2) is 41.1 Å². The molecule has 0 bridgehead atoms. The topological polar surface area (TPSA) is 106 Å². The van der Waals surface area contributed by atoms with Crippen LogP contribution in [0.4, 0.5) is 23.5 Å². The molecule has 2 heterocycles. The van der Waals surface area contributed by atoms with Gasteiger partial charge in [-0.2, -0.15) is 15.0 Å². The number of hydrogen-bond donors (Lipinski definition) is 2. The molecular formula is C19H21N7O. The minimum absolute atomic E-state index is 0.147. The van der Waals surface area contributed by atoms with Crippen LogP contribution in [0.15, 0.2) is 54.6 Å². The number of nitrogen functional groups attached to an aromatic ring is 2. The van der Waals surface area contributed by atoms with E-state index in [1.165, 1.54) is 0 Å². The molecule has 138 valence electrons. The number of ether oxygens (including phenoxy) is 1. The number of nitrogens with zero attached hydrogens (tertiary/aromatic N) is 5. The highest BCUT2D eigenvalue weighted by molar-refractivity contribution is 5.51. The molecule has 1 aliphatic rings. The van der Waals surface area contributed by atoms with E-state index in [2.05, 4.69) is 36.9 Å². The Hall–Kier alpha value is -3.55. The number of nitrogens with two attached hydrogens (primary N) is 2. The summed E-state index contributed by atoms with van der Waals surface area (Å²) in [5.74, 6) is 2.48. The molecule has 0 radical (unpaired) electrons. The van der Waals surface area contributed by atoms with Gasteiger partial charge in [-0.3, -0.25) is 0 Å². The molecule has 0 spiro atoms. The van der Waals surface area contributed by atoms with Crippen molar-refractivity contribution in [3.05, 3.63) is 54.6 Å². The largest absolute Gasteiger partial charge is 0.457 e. The Bertz CT molecular complexity index is 873. The molecule has 2 aromatic carbocycles. The highest BCUT2D eigenvalue weighted by Gasteiger charge is 2.20. The SMILES string of the molecule is Nc1nc(N)nc(N2CCN(c3ccc(Oc4ccccc4)cc3)CC2)n1. The molecular weight excluding hydrogens is 342 g/mol. The van der Waals surface area contributed by atoms with Crippen LogP contribution >= 0.6 is 0 Å². The Morgan fingerprint density at radius 1 is 0.667 bits per heavy atom. The van der Waals surface area contributed by atoms with Crippen molar-refractivity contribution in [2.75, 3.05) is 47.4 Å². The number of para-hydroxylation sites is 1. The first kappa shape index (κ1) is 16.9. The molecule has 0 atom stereocenters. The van der Waals surface area contributed by atoms with Gasteiger partial charge in [0.15, 0.2) is 0 Å². The van der Waals surface area contributed by atoms with E-state index >= 15 is 0 Å². The summed E-state index contributed by atoms with van der Waals surface area (Å²) in [5, 5.41) is 0. The maximum Gasteiger partial charge on any atom is 0.232 e. The van der Waals surface area contributed by atoms with Gasteiger partial charge in [-0.05, 0) is 36.4 Å². The van der Waals surface area contributed by atoms with Crippen LogP contribution in [0.5, 0.6) is 11.5 Å². The number of piperazine rings is 1. The van der Waals surface area contributed by atoms with Crippen LogP contribution in [0.25, 0.3) is 0 Å². The predicted molar refractivity (Wildman–Crippen MR) is 106 cm³/mol. The second kappa shape index (κ2) is 7.36. The molecule has 1 aliphatic heterocycles. The van der Waals surface area contributed by atoms with Gasteiger partial charge in [0, 0.05) is 31.9 Å². The van der Waals surface area contributed by atoms with Gasteiger partial charge in [-0.25, -0.2) is 0 Å². The van der Waals surface area contributed by atoms with Gasteiger partial charge in [0.2, 0.25) is 17.8 Å². The second-order valence-electron chi connectivity index (χ2n) is 6.23. The third kappa shape index (κ3) is 4.00. The van der Waals surface area contributed by atoms with Crippen LogP contribution in [0.1, 0.15) is 0 Å². The quantitative estimate of drug-likeness (QED) is 0.726. The Balaban J connectivity index is 1.38. The highest BCUT2D eigenvalue weighted by atomic mass is 16.5. The summed E-state index contributed by atoms with van der Waals surface area (Å²) in [7, 11) is 0. The molecule has 8 heteroatoms. The minimum Gasteiger partial charge on any atom is -0.457 e. The summed E-state index contributed by atoms with van der Waals surface area (Å²) in [6.07, 6.45) is 0. The first-order valence-corrected chi connectivity index (χ1v) is 8.77. The Labute approximate surface area is 157 Å². The summed E-state index contributed by atoms with van der Waals surface area (Å²) in [6, 6.07) is 17.9. The molecule has 27 heavy (non-hydrogen) atoms. The molecule has 1 saturated heterocycles. The van der Waals surface area contributed by atoms with E-state index < -0.39 is 0 Å². The number of aromatic nitrogens is 3. The molecule has 8 nitrogen and oxygen atoms in total. The van der Waals surface area contributed by atoms with Crippen LogP contribution < -0.4 is 26.0 Å². The van der Waals surface area contributed by atoms with Crippen molar-refractivity contribution in [2.45, 2.75) is 0 Å². The monoisotopic (exact) mass is 363 g/mol. The Morgan fingerprint density at radius 2 is 1.22 bits per heavy atom. The molecule has 0 unspecified atom stereocenters. The molecule has 1 aromatic heterocycles. The Kier molecular flexibility index (Phi) is 4.61. The zero-order valence-corrected chi connectivity index (χ0v) is 14.8. The lowest BCUT2D eigenvalue weighted by Crippen LogP contribution is -2.47. The summed E-state index contributed by atoms with van der Waals surface area (Å²) < 4.78 is 5.85. The fourth-order valence-electron chi connectivity index (χ4n) is 3.05. The van der Waals surface area contributed by atoms with Crippen LogP contribution in [0.2, 0.25) is 0 Å². The lowest BCUT2D eigenvalue weighted by molar-refractivity contribution is 0.482. The average Bonchev–Trinajstić information content (AvgIpc) is 2.69. The van der Waals surface area contributed by atoms with Gasteiger partial charge in [0.1, 0.15) is 11.5 Å². The van der Waals surface area contributed by atoms with Crippen molar-refractivity contribution in [1.82, 2.24) is 15.0 Å². The smallest absolute Gasteiger partial charge is 0.232 e. The highest BCUT2D eigenvalue weighted by Crippen LogP contribution is 2.25. The maximum absolute atomic E-state index is 5.85. The lowest BCUT2D eigenvalue weighted by atomic mass is 10.2. The molecule has 0 saturated carbocycles. The van der Waals surface area contributed by atoms with Crippen molar-refractivity contribution >= 4 is 23.5 Å². The fourth-order valence-corrected chi connectivity index (χ4v) is 3.05. The summed E-state index contributed by atoms with van der Waals surface area (Å²) in [6.45, 7) is 3.27. The number of anilines is 4. The third-order valence-corrected chi connectivity index (χ3v) is 4.40. The van der Waals surface area contributed by atoms with Crippen molar-refractivity contribution in [3.63, 3.8) is 0 Å². The zero-order chi connectivity index (χ0) is 18.6. The van der Waals surface area contributed by atoms with Crippen molar-refractivity contribution in [2.24, 2.45) is 0 Å². The average molecular weight is 363 g/mol. The van der Waals surface area contributed by atoms with E-state index in [0.29, 0.717) is 5.95 Å². The van der Waals surface area contributed by atoms with Crippen LogP contribution in [0.3, 0.4) is 0 Å². The van der Waals surface area contributed by atoms with E-state index in [1.807, 2.05) is 42.5 Å². The molecule has 3 aromatic rings. The van der Waals surface area contributed by atoms with Crippen molar-refractivity contribution in [3.8, 4) is 11.5 Å². The minimum atomic E-state index is 0.147. The van der Waals surface area contributed by atoms with Gasteiger partial charge < -0.3 is 26.0 Å². The van der Waals surface area contributed by atoms with Gasteiger partial charge >= 0.3 is 0 Å². The third-order valence-electron chi connectivity index (χ3n) is 4.40. The molecule has 1 fully saturated rings. The number of hydrogen-bond acceptors (Lipinski definition) is 8. The summed E-state index contributed by atoms with van der Waals surface area (Å²) in [5.41, 5.74) is 12.5. The summed E-state index contributed by atoms with van der Waals surface area (Å²) in [4.78, 5) is 16.5. The van der Waals surface area contributed by atoms with E-state index in [9.17, 15) is 0 Å². The molecule has 4 rings (SSSR count). The molecule has 4 N–H and O–H groups in total. The van der Waals surface area contributed by atoms with E-state index in [4.69, 9.17) is 16.2 Å². The van der Waals surface area contributed by atoms with Crippen molar-refractivity contribution < 1.29 is 4.74 Å². The van der Waals surface area contributed by atoms with Gasteiger partial charge in [-0.15, -0.1) is 0 Å². The number of rotatable bonds is 4. The zero-order valence-electron chi connectivity index (χ0n) is 14.8. The Morgan fingerprint density at radius 3 is 1.85 bits per heavy atom. The van der Waals surface area contributed by atoms with Crippen LogP contribution in [0, 0.1) is 0 Å². The van der Waals surface area contributed by atoms with Gasteiger partial charge in [0.25, 0.3) is 0 Å². The standard InChI is InChI=1S/C19H21N7O/c20-17-22-18(21)24-19(23-17)26-12-10-25(11-13-26)14-6-8-16(9-7-14)27-15-4-2-1-3-5-15/h1-9H,10-13H2,(H4,20,21,22,23,24). The second-order valence-corrected chi connectivity index (χ2v) is 6.23. The predicted octanol–water partition coefficient (Wildman–Crippen LogP) is 2.15. The first-order chi connectivity index (χ1) is 13.2. The first-order valence-electron chi connectivity index (χ1n) is 8.77. The normalized spacial score (nSPS) is 14.2. The van der Waals surface area contributed by atoms with Crippen LogP contribution in [-0.2, 0) is 0 Å². The maximum atomic E-state index is 5.85. The van der Waals surface area contributed by atoms with E-state index in [-0.39, 0.29) is 11.9 Å². The molecule has 0 amide bonds. The van der Waals surface area contributed by atoms with Crippen molar-refractivity contribution in [1.29, 1.82) is 0 Å². The van der Waals surface area contributed by atoms with E-state index in [0.717, 1.165) is 43.4 Å². The lowest BCUT2D eigenvalue weighted by Gasteiger charge is -2.36. The number of benzene rings is 2. The van der Waals surface area contributed by atoms with Gasteiger partial charge in [0.05, 0.1) is 0 Å². The molecule has 0 aliphatic carbocycles. The van der Waals surface area contributed by atoms with E-state index in [1.54, 1.807) is 0 Å². The van der Waals surface area contributed by atoms with Gasteiger partial charge in [-0.1, -0.05) is 18.2 Å². The summed E-state index contributed by atoms with van der Waals surface area (Å²) >= 11 is 0.